The first-order valence-corrected chi connectivity index (χ1v) is 7.74. The summed E-state index contributed by atoms with van der Waals surface area (Å²) in [6.07, 6.45) is 3.48. The van der Waals surface area contributed by atoms with Crippen LogP contribution in [0.25, 0.3) is 0 Å². The van der Waals surface area contributed by atoms with E-state index in [4.69, 9.17) is 11.6 Å². The Balaban J connectivity index is 2.46. The topological polar surface area (TPSA) is 50.2 Å². The number of carboxylic acid groups (broad SMARTS) is 1. The molecule has 2 rings (SSSR count). The van der Waals surface area contributed by atoms with Gasteiger partial charge in [0.15, 0.2) is 0 Å². The zero-order valence-corrected chi connectivity index (χ0v) is 12.4. The van der Waals surface area contributed by atoms with Crippen LogP contribution in [0.15, 0.2) is 51.3 Å². The maximum absolute atomic E-state index is 11.4. The van der Waals surface area contributed by atoms with Crippen LogP contribution in [0.4, 0.5) is 0 Å². The fourth-order valence-electron chi connectivity index (χ4n) is 1.53. The number of benzene rings is 1. The van der Waals surface area contributed by atoms with Gasteiger partial charge in [0.1, 0.15) is 5.03 Å². The summed E-state index contributed by atoms with van der Waals surface area (Å²) in [6, 6.07) is 8.85. The van der Waals surface area contributed by atoms with Gasteiger partial charge in [0.05, 0.1) is 10.6 Å². The Labute approximate surface area is 124 Å². The van der Waals surface area contributed by atoms with Crippen LogP contribution in [0.5, 0.6) is 0 Å². The van der Waals surface area contributed by atoms with E-state index < -0.39 is 5.97 Å². The van der Waals surface area contributed by atoms with Crippen molar-refractivity contribution in [1.29, 1.82) is 0 Å². The van der Waals surface area contributed by atoms with Crippen molar-refractivity contribution in [2.75, 3.05) is 6.26 Å². The molecule has 0 saturated carbocycles. The number of carboxylic acids is 1. The lowest BCUT2D eigenvalue weighted by atomic mass is 10.2. The predicted octanol–water partition coefficient (Wildman–Crippen LogP) is 4.31. The molecule has 1 aromatic carbocycles. The highest BCUT2D eigenvalue weighted by atomic mass is 35.5. The van der Waals surface area contributed by atoms with E-state index in [1.165, 1.54) is 23.5 Å². The quantitative estimate of drug-likeness (QED) is 0.853. The second-order valence-electron chi connectivity index (χ2n) is 3.53. The molecule has 0 unspecified atom stereocenters. The Hall–Kier alpha value is -1.17. The zero-order valence-electron chi connectivity index (χ0n) is 9.96. The smallest absolute Gasteiger partial charge is 0.337 e. The zero-order chi connectivity index (χ0) is 13.8. The van der Waals surface area contributed by atoms with E-state index in [1.807, 2.05) is 12.3 Å². The van der Waals surface area contributed by atoms with Crippen molar-refractivity contribution < 1.29 is 9.90 Å². The lowest BCUT2D eigenvalue weighted by Gasteiger charge is -2.09. The van der Waals surface area contributed by atoms with Crippen LogP contribution in [0.2, 0.25) is 5.02 Å². The number of rotatable bonds is 4. The summed E-state index contributed by atoms with van der Waals surface area (Å²) in [5.74, 6) is -0.945. The van der Waals surface area contributed by atoms with Crippen molar-refractivity contribution in [2.24, 2.45) is 0 Å². The van der Waals surface area contributed by atoms with Gasteiger partial charge in [-0.25, -0.2) is 9.78 Å². The van der Waals surface area contributed by atoms with Gasteiger partial charge in [0.2, 0.25) is 0 Å². The van der Waals surface area contributed by atoms with Gasteiger partial charge < -0.3 is 5.11 Å². The first-order chi connectivity index (χ1) is 9.13. The van der Waals surface area contributed by atoms with Gasteiger partial charge in [-0.1, -0.05) is 29.4 Å². The van der Waals surface area contributed by atoms with E-state index in [9.17, 15) is 9.90 Å². The highest BCUT2D eigenvalue weighted by Gasteiger charge is 2.17. The van der Waals surface area contributed by atoms with Crippen LogP contribution in [0.1, 0.15) is 10.4 Å². The molecule has 0 atom stereocenters. The van der Waals surface area contributed by atoms with E-state index in [0.29, 0.717) is 20.5 Å². The van der Waals surface area contributed by atoms with Crippen LogP contribution in [-0.4, -0.2) is 22.3 Å². The summed E-state index contributed by atoms with van der Waals surface area (Å²) >= 11 is 8.71. The third-order valence-electron chi connectivity index (χ3n) is 2.35. The monoisotopic (exact) mass is 311 g/mol. The van der Waals surface area contributed by atoms with E-state index in [-0.39, 0.29) is 0 Å². The summed E-state index contributed by atoms with van der Waals surface area (Å²) in [6.45, 7) is 0. The van der Waals surface area contributed by atoms with Crippen molar-refractivity contribution in [3.8, 4) is 0 Å². The molecule has 1 aromatic heterocycles. The number of nitrogens with zero attached hydrogens (tertiary/aromatic N) is 1. The molecule has 0 aliphatic heterocycles. The van der Waals surface area contributed by atoms with Crippen molar-refractivity contribution in [2.45, 2.75) is 14.8 Å². The SMILES string of the molecule is CSc1cccc(Sc2ncccc2Cl)c1C(=O)O. The molecular weight excluding hydrogens is 302 g/mol. The number of hydrogen-bond acceptors (Lipinski definition) is 4. The molecule has 0 bridgehead atoms. The Morgan fingerprint density at radius 2 is 2.00 bits per heavy atom. The third-order valence-corrected chi connectivity index (χ3v) is 4.63. The normalized spacial score (nSPS) is 10.4. The molecule has 1 N–H and O–H groups in total. The van der Waals surface area contributed by atoms with E-state index in [1.54, 1.807) is 30.5 Å². The van der Waals surface area contributed by atoms with E-state index in [2.05, 4.69) is 4.98 Å². The van der Waals surface area contributed by atoms with Gasteiger partial charge in [0.25, 0.3) is 0 Å². The minimum absolute atomic E-state index is 0.293. The molecule has 3 nitrogen and oxygen atoms in total. The Kier molecular flexibility index (Phi) is 4.74. The Morgan fingerprint density at radius 3 is 2.63 bits per heavy atom. The highest BCUT2D eigenvalue weighted by molar-refractivity contribution is 8.00. The van der Waals surface area contributed by atoms with E-state index >= 15 is 0 Å². The fraction of sp³-hybridized carbons (Fsp3) is 0.0769. The molecule has 1 heterocycles. The average Bonchev–Trinajstić information content (AvgIpc) is 2.40. The highest BCUT2D eigenvalue weighted by Crippen LogP contribution is 2.36. The predicted molar refractivity (Wildman–Crippen MR) is 78.6 cm³/mol. The molecule has 98 valence electrons. The Morgan fingerprint density at radius 1 is 1.26 bits per heavy atom. The second kappa shape index (κ2) is 6.32. The van der Waals surface area contributed by atoms with Gasteiger partial charge in [-0.2, -0.15) is 0 Å². The maximum atomic E-state index is 11.4. The van der Waals surface area contributed by atoms with Crippen LogP contribution >= 0.6 is 35.1 Å². The first-order valence-electron chi connectivity index (χ1n) is 5.32. The van der Waals surface area contributed by atoms with Crippen LogP contribution in [0, 0.1) is 0 Å². The summed E-state index contributed by atoms with van der Waals surface area (Å²) in [7, 11) is 0. The molecule has 0 aliphatic carbocycles. The number of pyridine rings is 1. The standard InChI is InChI=1S/C13H10ClNO2S2/c1-18-9-5-2-6-10(11(9)13(16)17)19-12-8(14)4-3-7-15-12/h2-7H,1H3,(H,16,17). The van der Waals surface area contributed by atoms with Crippen molar-refractivity contribution in [3.05, 3.63) is 47.1 Å². The number of carbonyl (C=O) groups is 1. The van der Waals surface area contributed by atoms with Gasteiger partial charge >= 0.3 is 5.97 Å². The molecule has 6 heteroatoms. The molecule has 0 fully saturated rings. The largest absolute Gasteiger partial charge is 0.478 e. The molecule has 2 aromatic rings. The summed E-state index contributed by atoms with van der Waals surface area (Å²) < 4.78 is 0. The molecular formula is C13H10ClNO2S2. The van der Waals surface area contributed by atoms with Crippen LogP contribution < -0.4 is 0 Å². The number of aromatic carboxylic acids is 1. The summed E-state index contributed by atoms with van der Waals surface area (Å²) in [5.41, 5.74) is 0.293. The molecule has 0 spiro atoms. The first kappa shape index (κ1) is 14.2. The lowest BCUT2D eigenvalue weighted by molar-refractivity contribution is 0.0689. The summed E-state index contributed by atoms with van der Waals surface area (Å²) in [5, 5.41) is 10.5. The second-order valence-corrected chi connectivity index (χ2v) is 5.82. The average molecular weight is 312 g/mol. The lowest BCUT2D eigenvalue weighted by Crippen LogP contribution is -2.01. The van der Waals surface area contributed by atoms with Crippen molar-refractivity contribution in [3.63, 3.8) is 0 Å². The van der Waals surface area contributed by atoms with Gasteiger partial charge in [-0.15, -0.1) is 11.8 Å². The maximum Gasteiger partial charge on any atom is 0.337 e. The van der Waals surface area contributed by atoms with Gasteiger partial charge in [0, 0.05) is 16.0 Å². The third kappa shape index (κ3) is 3.23. The summed E-state index contributed by atoms with van der Waals surface area (Å²) in [4.78, 5) is 16.9. The van der Waals surface area contributed by atoms with Gasteiger partial charge in [-0.05, 0) is 30.5 Å². The Bertz CT molecular complexity index is 619. The molecule has 0 radical (unpaired) electrons. The van der Waals surface area contributed by atoms with Crippen molar-refractivity contribution in [1.82, 2.24) is 4.98 Å². The molecule has 0 aliphatic rings. The van der Waals surface area contributed by atoms with Crippen LogP contribution in [-0.2, 0) is 0 Å². The fourth-order valence-corrected chi connectivity index (χ4v) is 3.38. The number of thioether (sulfide) groups is 1. The minimum atomic E-state index is -0.945. The molecule has 0 saturated heterocycles. The van der Waals surface area contributed by atoms with Gasteiger partial charge in [-0.3, -0.25) is 0 Å². The minimum Gasteiger partial charge on any atom is -0.478 e. The van der Waals surface area contributed by atoms with Crippen molar-refractivity contribution >= 4 is 41.1 Å². The number of aromatic nitrogens is 1. The number of hydrogen-bond donors (Lipinski definition) is 1. The number of halogens is 1. The van der Waals surface area contributed by atoms with Crippen LogP contribution in [0.3, 0.4) is 0 Å². The molecule has 0 amide bonds. The molecule has 19 heavy (non-hydrogen) atoms. The van der Waals surface area contributed by atoms with E-state index in [0.717, 1.165) is 4.90 Å².